The first-order valence-corrected chi connectivity index (χ1v) is 8.39. The van der Waals surface area contributed by atoms with Crippen LogP contribution in [0.25, 0.3) is 0 Å². The molecule has 2 rings (SSSR count). The number of alkyl carbamates (subject to hydrolysis) is 1. The van der Waals surface area contributed by atoms with Crippen LogP contribution in [0.2, 0.25) is 0 Å². The molecular weight excluding hydrogens is 290 g/mol. The van der Waals surface area contributed by atoms with Crippen LogP contribution >= 0.6 is 0 Å². The second-order valence-electron chi connectivity index (χ2n) is 7.42. The fraction of sp³-hybridized carbons (Fsp3) is 0.667. The van der Waals surface area contributed by atoms with Gasteiger partial charge in [0.1, 0.15) is 5.60 Å². The highest BCUT2D eigenvalue weighted by atomic mass is 16.6. The molecule has 0 aliphatic heterocycles. The van der Waals surface area contributed by atoms with Crippen molar-refractivity contribution in [3.8, 4) is 0 Å². The molecule has 1 N–H and O–H groups in total. The first-order valence-electron chi connectivity index (χ1n) is 8.39. The topological polar surface area (TPSA) is 54.5 Å². The van der Waals surface area contributed by atoms with E-state index in [1.54, 1.807) is 0 Å². The molecule has 0 unspecified atom stereocenters. The molecule has 0 saturated heterocycles. The molecule has 1 heterocycles. The van der Waals surface area contributed by atoms with Crippen LogP contribution in [-0.2, 0) is 4.74 Å². The summed E-state index contributed by atoms with van der Waals surface area (Å²) in [6.45, 7) is 7.67. The van der Waals surface area contributed by atoms with Crippen molar-refractivity contribution in [2.75, 3.05) is 11.9 Å². The van der Waals surface area contributed by atoms with Crippen molar-refractivity contribution >= 4 is 11.8 Å². The zero-order chi connectivity index (χ0) is 17.0. The van der Waals surface area contributed by atoms with Crippen molar-refractivity contribution in [1.29, 1.82) is 0 Å². The molecule has 5 heteroatoms. The van der Waals surface area contributed by atoms with Crippen LogP contribution in [0.3, 0.4) is 0 Å². The smallest absolute Gasteiger partial charge is 0.407 e. The van der Waals surface area contributed by atoms with Gasteiger partial charge in [0.25, 0.3) is 0 Å². The number of carbonyl (C=O) groups excluding carboxylic acids is 1. The minimum atomic E-state index is -0.444. The Kier molecular flexibility index (Phi) is 5.50. The Bertz CT molecular complexity index is 531. The lowest BCUT2D eigenvalue weighted by Gasteiger charge is -2.36. The monoisotopic (exact) mass is 319 g/mol. The number of pyridine rings is 1. The Morgan fingerprint density at radius 1 is 1.30 bits per heavy atom. The molecule has 1 amide bonds. The summed E-state index contributed by atoms with van der Waals surface area (Å²) < 4.78 is 5.33. The highest BCUT2D eigenvalue weighted by Gasteiger charge is 2.26. The third-order valence-electron chi connectivity index (χ3n) is 4.25. The van der Waals surface area contributed by atoms with E-state index in [-0.39, 0.29) is 12.1 Å². The van der Waals surface area contributed by atoms with Gasteiger partial charge in [0.05, 0.1) is 0 Å². The number of aromatic nitrogens is 1. The summed E-state index contributed by atoms with van der Waals surface area (Å²) in [5.41, 5.74) is 1.80. The Balaban J connectivity index is 1.83. The highest BCUT2D eigenvalue weighted by Crippen LogP contribution is 2.26. The maximum Gasteiger partial charge on any atom is 0.407 e. The number of anilines is 1. The van der Waals surface area contributed by atoms with Crippen molar-refractivity contribution < 1.29 is 9.53 Å². The molecule has 0 atom stereocenters. The molecule has 1 saturated carbocycles. The van der Waals surface area contributed by atoms with Crippen molar-refractivity contribution in [2.24, 2.45) is 0 Å². The maximum atomic E-state index is 11.9. The maximum absolute atomic E-state index is 11.9. The summed E-state index contributed by atoms with van der Waals surface area (Å²) in [5, 5.41) is 2.99. The standard InChI is InChI=1S/C18H29N3O2/c1-13-12-16(10-11-19-13)21(5)15-8-6-14(7-9-15)20-17(22)23-18(2,3)4/h10-12,14-15H,6-9H2,1-5H3,(H,20,22). The second kappa shape index (κ2) is 7.20. The van der Waals surface area contributed by atoms with E-state index < -0.39 is 5.60 Å². The van der Waals surface area contributed by atoms with Gasteiger partial charge < -0.3 is 15.0 Å². The zero-order valence-corrected chi connectivity index (χ0v) is 14.9. The number of aryl methyl sites for hydroxylation is 1. The van der Waals surface area contributed by atoms with Gasteiger partial charge in [-0.3, -0.25) is 4.98 Å². The van der Waals surface area contributed by atoms with Crippen LogP contribution in [0.1, 0.15) is 52.1 Å². The molecule has 23 heavy (non-hydrogen) atoms. The van der Waals surface area contributed by atoms with E-state index in [0.717, 1.165) is 31.4 Å². The number of nitrogens with zero attached hydrogens (tertiary/aromatic N) is 2. The number of hydrogen-bond acceptors (Lipinski definition) is 4. The molecule has 0 radical (unpaired) electrons. The summed E-state index contributed by atoms with van der Waals surface area (Å²) in [4.78, 5) is 18.4. The fourth-order valence-corrected chi connectivity index (χ4v) is 3.04. The summed E-state index contributed by atoms with van der Waals surface area (Å²) in [6, 6.07) is 4.89. The van der Waals surface area contributed by atoms with Gasteiger partial charge in [-0.05, 0) is 65.5 Å². The second-order valence-corrected chi connectivity index (χ2v) is 7.42. The Hall–Kier alpha value is -1.78. The fourth-order valence-electron chi connectivity index (χ4n) is 3.04. The van der Waals surface area contributed by atoms with E-state index in [4.69, 9.17) is 4.74 Å². The van der Waals surface area contributed by atoms with Gasteiger partial charge in [-0.2, -0.15) is 0 Å². The minimum Gasteiger partial charge on any atom is -0.444 e. The van der Waals surface area contributed by atoms with Crippen molar-refractivity contribution in [3.63, 3.8) is 0 Å². The SMILES string of the molecule is Cc1cc(N(C)C2CCC(NC(=O)OC(C)(C)C)CC2)ccn1. The van der Waals surface area contributed by atoms with Gasteiger partial charge in [0.2, 0.25) is 0 Å². The number of amides is 1. The molecular formula is C18H29N3O2. The summed E-state index contributed by atoms with van der Waals surface area (Å²) >= 11 is 0. The summed E-state index contributed by atoms with van der Waals surface area (Å²) in [6.07, 6.45) is 5.66. The largest absolute Gasteiger partial charge is 0.444 e. The van der Waals surface area contributed by atoms with Gasteiger partial charge in [0.15, 0.2) is 0 Å². The van der Waals surface area contributed by atoms with Crippen LogP contribution in [-0.4, -0.2) is 35.8 Å². The van der Waals surface area contributed by atoms with E-state index in [1.807, 2.05) is 33.9 Å². The van der Waals surface area contributed by atoms with Gasteiger partial charge in [-0.25, -0.2) is 4.79 Å². The number of hydrogen-bond donors (Lipinski definition) is 1. The number of carbonyl (C=O) groups is 1. The average molecular weight is 319 g/mol. The Morgan fingerprint density at radius 2 is 1.96 bits per heavy atom. The quantitative estimate of drug-likeness (QED) is 0.923. The molecule has 1 aromatic rings. The van der Waals surface area contributed by atoms with Gasteiger partial charge in [0, 0.05) is 36.7 Å². The van der Waals surface area contributed by atoms with Crippen LogP contribution in [0.4, 0.5) is 10.5 Å². The Morgan fingerprint density at radius 3 is 2.52 bits per heavy atom. The average Bonchev–Trinajstić information content (AvgIpc) is 2.45. The lowest BCUT2D eigenvalue weighted by atomic mass is 9.90. The van der Waals surface area contributed by atoms with Gasteiger partial charge in [-0.1, -0.05) is 0 Å². The third kappa shape index (κ3) is 5.41. The lowest BCUT2D eigenvalue weighted by molar-refractivity contribution is 0.0491. The van der Waals surface area contributed by atoms with E-state index in [2.05, 4.69) is 34.4 Å². The molecule has 0 spiro atoms. The molecule has 0 aromatic carbocycles. The van der Waals surface area contributed by atoms with E-state index in [9.17, 15) is 4.79 Å². The molecule has 1 aromatic heterocycles. The molecule has 0 bridgehead atoms. The number of nitrogens with one attached hydrogen (secondary N) is 1. The first kappa shape index (κ1) is 17.6. The van der Waals surface area contributed by atoms with E-state index in [0.29, 0.717) is 6.04 Å². The summed E-state index contributed by atoms with van der Waals surface area (Å²) in [5.74, 6) is 0. The molecule has 1 aliphatic carbocycles. The molecule has 128 valence electrons. The van der Waals surface area contributed by atoms with E-state index >= 15 is 0 Å². The normalized spacial score (nSPS) is 21.6. The summed E-state index contributed by atoms with van der Waals surface area (Å²) in [7, 11) is 2.14. The van der Waals surface area contributed by atoms with Gasteiger partial charge >= 0.3 is 6.09 Å². The zero-order valence-electron chi connectivity index (χ0n) is 14.9. The third-order valence-corrected chi connectivity index (χ3v) is 4.25. The molecule has 5 nitrogen and oxygen atoms in total. The highest BCUT2D eigenvalue weighted by molar-refractivity contribution is 5.68. The Labute approximate surface area is 139 Å². The van der Waals surface area contributed by atoms with Gasteiger partial charge in [-0.15, -0.1) is 0 Å². The predicted molar refractivity (Wildman–Crippen MR) is 92.8 cm³/mol. The van der Waals surface area contributed by atoms with Crippen LogP contribution < -0.4 is 10.2 Å². The van der Waals surface area contributed by atoms with Crippen molar-refractivity contribution in [1.82, 2.24) is 10.3 Å². The number of rotatable bonds is 3. The molecule has 1 aliphatic rings. The molecule has 1 fully saturated rings. The lowest BCUT2D eigenvalue weighted by Crippen LogP contribution is -2.44. The van der Waals surface area contributed by atoms with E-state index in [1.165, 1.54) is 5.69 Å². The van der Waals surface area contributed by atoms with Crippen molar-refractivity contribution in [2.45, 2.75) is 71.1 Å². The van der Waals surface area contributed by atoms with Crippen molar-refractivity contribution in [3.05, 3.63) is 24.0 Å². The minimum absolute atomic E-state index is 0.216. The predicted octanol–water partition coefficient (Wildman–Crippen LogP) is 3.66. The van der Waals surface area contributed by atoms with Crippen LogP contribution in [0.15, 0.2) is 18.3 Å². The van der Waals surface area contributed by atoms with Crippen LogP contribution in [0.5, 0.6) is 0 Å². The van der Waals surface area contributed by atoms with Crippen LogP contribution in [0, 0.1) is 6.92 Å². The first-order chi connectivity index (χ1) is 10.7. The number of ether oxygens (including phenoxy) is 1.